The molecule has 0 unspecified atom stereocenters. The molecule has 0 heterocycles. The van der Waals surface area contributed by atoms with Gasteiger partial charge in [-0.25, -0.2) is 19.2 Å². The Morgan fingerprint density at radius 3 is 1.58 bits per heavy atom. The van der Waals surface area contributed by atoms with E-state index in [0.717, 1.165) is 0 Å². The number of aromatic carboxylic acids is 3. The predicted molar refractivity (Wildman–Crippen MR) is 89.8 cm³/mol. The van der Waals surface area contributed by atoms with Gasteiger partial charge < -0.3 is 20.1 Å². The second-order valence-corrected chi connectivity index (χ2v) is 5.01. The van der Waals surface area contributed by atoms with Gasteiger partial charge >= 0.3 is 23.9 Å². The fourth-order valence-corrected chi connectivity index (χ4v) is 1.90. The first-order valence-electron chi connectivity index (χ1n) is 7.16. The van der Waals surface area contributed by atoms with Gasteiger partial charge in [0.1, 0.15) is 0 Å². The van der Waals surface area contributed by atoms with E-state index in [9.17, 15) is 19.2 Å². The summed E-state index contributed by atoms with van der Waals surface area (Å²) in [6.07, 6.45) is 0. The highest BCUT2D eigenvalue weighted by Crippen LogP contribution is 2.11. The molecule has 0 radical (unpaired) electrons. The molecule has 2 rings (SSSR count). The molecule has 26 heavy (non-hydrogen) atoms. The van der Waals surface area contributed by atoms with Gasteiger partial charge in [0.25, 0.3) is 0 Å². The Morgan fingerprint density at radius 2 is 1.19 bits per heavy atom. The summed E-state index contributed by atoms with van der Waals surface area (Å²) in [4.78, 5) is 42.4. The number of hydrogen-bond acceptors (Lipinski definition) is 5. The minimum atomic E-state index is -1.06. The van der Waals surface area contributed by atoms with Crippen LogP contribution in [0.25, 0.3) is 0 Å². The van der Waals surface area contributed by atoms with Gasteiger partial charge in [-0.15, -0.1) is 0 Å². The van der Waals surface area contributed by atoms with Crippen LogP contribution in [0.2, 0.25) is 0 Å². The number of benzene rings is 2. The Balaban J connectivity index is 0.000000260. The molecule has 0 saturated carbocycles. The average Bonchev–Trinajstić information content (AvgIpc) is 2.61. The lowest BCUT2D eigenvalue weighted by atomic mass is 10.1. The van der Waals surface area contributed by atoms with Crippen LogP contribution in [0.5, 0.6) is 0 Å². The van der Waals surface area contributed by atoms with Gasteiger partial charge in [0.05, 0.1) is 29.4 Å². The number of carbonyl (C=O) groups excluding carboxylic acids is 1. The molecule has 2 aromatic rings. The minimum Gasteiger partial charge on any atom is -0.478 e. The first-order chi connectivity index (χ1) is 12.2. The van der Waals surface area contributed by atoms with Crippen molar-refractivity contribution in [2.75, 3.05) is 7.11 Å². The van der Waals surface area contributed by atoms with Gasteiger partial charge in [-0.3, -0.25) is 0 Å². The van der Waals surface area contributed by atoms with Crippen LogP contribution >= 0.6 is 0 Å². The molecular formula is C18H16O8. The van der Waals surface area contributed by atoms with E-state index >= 15 is 0 Å². The molecule has 0 aliphatic rings. The number of ether oxygens (including phenoxy) is 1. The third-order valence-corrected chi connectivity index (χ3v) is 3.26. The van der Waals surface area contributed by atoms with Crippen LogP contribution in [0.1, 0.15) is 47.0 Å². The van der Waals surface area contributed by atoms with Crippen LogP contribution in [-0.2, 0) is 4.74 Å². The van der Waals surface area contributed by atoms with Crippen LogP contribution in [0.4, 0.5) is 0 Å². The topological polar surface area (TPSA) is 138 Å². The van der Waals surface area contributed by atoms with E-state index in [2.05, 4.69) is 4.74 Å². The van der Waals surface area contributed by atoms with Crippen molar-refractivity contribution >= 4 is 23.9 Å². The Morgan fingerprint density at radius 1 is 0.731 bits per heavy atom. The minimum absolute atomic E-state index is 0.0995. The molecule has 136 valence electrons. The maximum absolute atomic E-state index is 10.9. The van der Waals surface area contributed by atoms with E-state index in [1.807, 2.05) is 0 Å². The first-order valence-corrected chi connectivity index (χ1v) is 7.16. The Kier molecular flexibility index (Phi) is 7.03. The van der Waals surface area contributed by atoms with Crippen LogP contribution in [0.15, 0.2) is 42.5 Å². The molecule has 0 spiro atoms. The highest BCUT2D eigenvalue weighted by atomic mass is 16.5. The standard InChI is InChI=1S/2C9H8O4/c1-13-9(12)7-4-2-6(3-5-7)8(10)11;1-5-4-6(8(10)11)2-3-7(5)9(12)13/h2-5H,1H3,(H,10,11);2-4H,1H3,(H,10,11)(H,12,13). The van der Waals surface area contributed by atoms with E-state index in [1.165, 1.54) is 49.6 Å². The Labute approximate surface area is 148 Å². The number of aryl methyl sites for hydroxylation is 1. The molecule has 3 N–H and O–H groups in total. The summed E-state index contributed by atoms with van der Waals surface area (Å²) in [5, 5.41) is 25.8. The van der Waals surface area contributed by atoms with Gasteiger partial charge in [-0.1, -0.05) is 0 Å². The molecule has 0 fully saturated rings. The number of methoxy groups -OCH3 is 1. The van der Waals surface area contributed by atoms with Crippen molar-refractivity contribution < 1.29 is 39.2 Å². The number of carboxylic acid groups (broad SMARTS) is 3. The van der Waals surface area contributed by atoms with Crippen LogP contribution in [-0.4, -0.2) is 46.3 Å². The monoisotopic (exact) mass is 360 g/mol. The summed E-state index contributed by atoms with van der Waals surface area (Å²) in [6, 6.07) is 9.44. The molecule has 0 bridgehead atoms. The highest BCUT2D eigenvalue weighted by molar-refractivity contribution is 5.93. The number of hydrogen-bond donors (Lipinski definition) is 3. The maximum Gasteiger partial charge on any atom is 0.337 e. The highest BCUT2D eigenvalue weighted by Gasteiger charge is 2.09. The fraction of sp³-hybridized carbons (Fsp3) is 0.111. The van der Waals surface area contributed by atoms with Crippen LogP contribution in [0, 0.1) is 6.92 Å². The van der Waals surface area contributed by atoms with Gasteiger partial charge in [0.15, 0.2) is 0 Å². The first kappa shape index (κ1) is 20.4. The van der Waals surface area contributed by atoms with Crippen LogP contribution < -0.4 is 0 Å². The van der Waals surface area contributed by atoms with Gasteiger partial charge in [0, 0.05) is 0 Å². The maximum atomic E-state index is 10.9. The number of rotatable bonds is 4. The van der Waals surface area contributed by atoms with Crippen molar-refractivity contribution in [1.82, 2.24) is 0 Å². The summed E-state index contributed by atoms with van der Waals surface area (Å²) in [6.45, 7) is 1.57. The Bertz CT molecular complexity index is 837. The number of carboxylic acids is 3. The van der Waals surface area contributed by atoms with E-state index in [4.69, 9.17) is 15.3 Å². The quantitative estimate of drug-likeness (QED) is 0.707. The SMILES string of the molecule is COC(=O)c1ccc(C(=O)O)cc1.Cc1cc(C(=O)O)ccc1C(=O)O. The van der Waals surface area contributed by atoms with E-state index in [1.54, 1.807) is 6.92 Å². The zero-order chi connectivity index (χ0) is 19.9. The van der Waals surface area contributed by atoms with E-state index in [0.29, 0.717) is 11.1 Å². The van der Waals surface area contributed by atoms with Gasteiger partial charge in [-0.2, -0.15) is 0 Å². The smallest absolute Gasteiger partial charge is 0.337 e. The molecule has 0 atom stereocenters. The van der Waals surface area contributed by atoms with Gasteiger partial charge in [0.2, 0.25) is 0 Å². The predicted octanol–water partition coefficient (Wildman–Crippen LogP) is 2.56. The summed E-state index contributed by atoms with van der Waals surface area (Å²) in [7, 11) is 1.27. The molecule has 0 aromatic heterocycles. The molecule has 0 amide bonds. The Hall–Kier alpha value is -3.68. The summed E-state index contributed by atoms with van der Waals surface area (Å²) in [5.74, 6) is -3.59. The zero-order valence-corrected chi connectivity index (χ0v) is 13.9. The van der Waals surface area contributed by atoms with E-state index in [-0.39, 0.29) is 16.7 Å². The summed E-state index contributed by atoms with van der Waals surface area (Å²) < 4.78 is 4.45. The molecule has 2 aromatic carbocycles. The van der Waals surface area contributed by atoms with Crippen molar-refractivity contribution in [3.8, 4) is 0 Å². The normalized spacial score (nSPS) is 9.46. The number of esters is 1. The zero-order valence-electron chi connectivity index (χ0n) is 13.9. The van der Waals surface area contributed by atoms with Gasteiger partial charge in [-0.05, 0) is 55.0 Å². The van der Waals surface area contributed by atoms with Crippen LogP contribution in [0.3, 0.4) is 0 Å². The lowest BCUT2D eigenvalue weighted by Gasteiger charge is -2.01. The number of carbonyl (C=O) groups is 4. The molecule has 0 aliphatic heterocycles. The second-order valence-electron chi connectivity index (χ2n) is 5.01. The van der Waals surface area contributed by atoms with Crippen molar-refractivity contribution in [3.63, 3.8) is 0 Å². The lowest BCUT2D eigenvalue weighted by Crippen LogP contribution is -2.03. The molecule has 8 heteroatoms. The van der Waals surface area contributed by atoms with Crippen molar-refractivity contribution in [2.45, 2.75) is 6.92 Å². The van der Waals surface area contributed by atoms with Crippen molar-refractivity contribution in [3.05, 3.63) is 70.3 Å². The summed E-state index contributed by atoms with van der Waals surface area (Å²) in [5.41, 5.74) is 1.17. The summed E-state index contributed by atoms with van der Waals surface area (Å²) >= 11 is 0. The molecule has 8 nitrogen and oxygen atoms in total. The second kappa shape index (κ2) is 8.97. The molecular weight excluding hydrogens is 344 g/mol. The third-order valence-electron chi connectivity index (χ3n) is 3.26. The van der Waals surface area contributed by atoms with Crippen molar-refractivity contribution in [1.29, 1.82) is 0 Å². The largest absolute Gasteiger partial charge is 0.478 e. The van der Waals surface area contributed by atoms with Crippen molar-refractivity contribution in [2.24, 2.45) is 0 Å². The fourth-order valence-electron chi connectivity index (χ4n) is 1.90. The average molecular weight is 360 g/mol. The third kappa shape index (κ3) is 5.45. The van der Waals surface area contributed by atoms with E-state index < -0.39 is 23.9 Å². The molecule has 0 aliphatic carbocycles. The molecule has 0 saturated heterocycles. The lowest BCUT2D eigenvalue weighted by molar-refractivity contribution is 0.0597.